The van der Waals surface area contributed by atoms with E-state index >= 15 is 0 Å². The van der Waals surface area contributed by atoms with Crippen molar-refractivity contribution in [2.24, 2.45) is 0 Å². The third kappa shape index (κ3) is 4.71. The van der Waals surface area contributed by atoms with E-state index in [1.165, 1.54) is 11.3 Å². The van der Waals surface area contributed by atoms with E-state index in [4.69, 9.17) is 11.6 Å². The van der Waals surface area contributed by atoms with Gasteiger partial charge in [0.1, 0.15) is 0 Å². The average molecular weight is 329 g/mol. The second-order valence-electron chi connectivity index (χ2n) is 5.25. The maximum atomic E-state index is 12.3. The van der Waals surface area contributed by atoms with Gasteiger partial charge in [-0.3, -0.25) is 9.59 Å². The number of hydrogen-bond acceptors (Lipinski definition) is 3. The summed E-state index contributed by atoms with van der Waals surface area (Å²) < 4.78 is 0.713. The van der Waals surface area contributed by atoms with E-state index in [1.807, 2.05) is 28.9 Å². The van der Waals surface area contributed by atoms with Gasteiger partial charge in [0.25, 0.3) is 0 Å². The molecule has 2 heterocycles. The van der Waals surface area contributed by atoms with Gasteiger partial charge in [0.2, 0.25) is 11.8 Å². The molecule has 0 radical (unpaired) electrons. The first-order valence-corrected chi connectivity index (χ1v) is 8.59. The van der Waals surface area contributed by atoms with Crippen molar-refractivity contribution in [2.75, 3.05) is 26.2 Å². The molecule has 2 rings (SSSR count). The zero-order chi connectivity index (χ0) is 15.2. The van der Waals surface area contributed by atoms with Crippen LogP contribution in [-0.4, -0.2) is 47.8 Å². The van der Waals surface area contributed by atoms with Crippen molar-refractivity contribution in [1.29, 1.82) is 0 Å². The fourth-order valence-corrected chi connectivity index (χ4v) is 3.57. The lowest BCUT2D eigenvalue weighted by Crippen LogP contribution is -2.37. The number of thiophene rings is 1. The van der Waals surface area contributed by atoms with Gasteiger partial charge in [0.15, 0.2) is 0 Å². The molecule has 0 bridgehead atoms. The van der Waals surface area contributed by atoms with Crippen molar-refractivity contribution >= 4 is 34.8 Å². The summed E-state index contributed by atoms with van der Waals surface area (Å²) in [5, 5.41) is 0. The first kappa shape index (κ1) is 16.3. The van der Waals surface area contributed by atoms with Crippen molar-refractivity contribution in [2.45, 2.75) is 32.6 Å². The Balaban J connectivity index is 1.87. The Kier molecular flexibility index (Phi) is 6.06. The third-order valence-corrected chi connectivity index (χ3v) is 4.85. The first-order valence-electron chi connectivity index (χ1n) is 7.40. The molecule has 2 amide bonds. The minimum absolute atomic E-state index is 0.123. The number of nitrogens with zero attached hydrogens (tertiary/aromatic N) is 2. The Hall–Kier alpha value is -1.07. The van der Waals surface area contributed by atoms with Crippen LogP contribution in [0.1, 0.15) is 31.1 Å². The van der Waals surface area contributed by atoms with E-state index < -0.39 is 0 Å². The first-order chi connectivity index (χ1) is 10.1. The standard InChI is InChI=1S/C15H21ClN2O2S/c1-2-4-14(19)17-7-3-8-18(10-9-17)15(20)11-12-5-6-13(16)21-12/h5-6H,2-4,7-11H2,1H3. The molecule has 0 unspecified atom stereocenters. The van der Waals surface area contributed by atoms with E-state index in [0.717, 1.165) is 30.8 Å². The van der Waals surface area contributed by atoms with E-state index in [0.29, 0.717) is 30.3 Å². The fourth-order valence-electron chi connectivity index (χ4n) is 2.50. The molecule has 1 saturated heterocycles. The number of carbonyl (C=O) groups is 2. The summed E-state index contributed by atoms with van der Waals surface area (Å²) in [5.74, 6) is 0.329. The van der Waals surface area contributed by atoms with E-state index in [1.54, 1.807) is 0 Å². The van der Waals surface area contributed by atoms with Gasteiger partial charge in [0.05, 0.1) is 10.8 Å². The Morgan fingerprint density at radius 2 is 1.81 bits per heavy atom. The van der Waals surface area contributed by atoms with Crippen LogP contribution in [0.3, 0.4) is 0 Å². The number of rotatable bonds is 4. The normalized spacial score (nSPS) is 15.9. The topological polar surface area (TPSA) is 40.6 Å². The van der Waals surface area contributed by atoms with Gasteiger partial charge < -0.3 is 9.80 Å². The van der Waals surface area contributed by atoms with Crippen molar-refractivity contribution in [1.82, 2.24) is 9.80 Å². The van der Waals surface area contributed by atoms with Crippen LogP contribution in [0.4, 0.5) is 0 Å². The molecule has 0 N–H and O–H groups in total. The highest BCUT2D eigenvalue weighted by molar-refractivity contribution is 7.16. The molecular formula is C15H21ClN2O2S. The summed E-state index contributed by atoms with van der Waals surface area (Å²) in [4.78, 5) is 29.0. The molecule has 1 aromatic heterocycles. The molecule has 0 aromatic carbocycles. The monoisotopic (exact) mass is 328 g/mol. The molecule has 4 nitrogen and oxygen atoms in total. The van der Waals surface area contributed by atoms with Gasteiger partial charge in [-0.2, -0.15) is 0 Å². The van der Waals surface area contributed by atoms with Crippen LogP contribution in [0.15, 0.2) is 12.1 Å². The number of amides is 2. The maximum Gasteiger partial charge on any atom is 0.227 e. The minimum Gasteiger partial charge on any atom is -0.341 e. The van der Waals surface area contributed by atoms with Crippen LogP contribution in [0, 0.1) is 0 Å². The lowest BCUT2D eigenvalue weighted by molar-refractivity contribution is -0.133. The smallest absolute Gasteiger partial charge is 0.227 e. The van der Waals surface area contributed by atoms with Crippen molar-refractivity contribution in [3.8, 4) is 0 Å². The highest BCUT2D eigenvalue weighted by Crippen LogP contribution is 2.22. The maximum absolute atomic E-state index is 12.3. The van der Waals surface area contributed by atoms with Crippen LogP contribution in [0.5, 0.6) is 0 Å². The van der Waals surface area contributed by atoms with Gasteiger partial charge in [0, 0.05) is 37.5 Å². The molecule has 6 heteroatoms. The molecule has 21 heavy (non-hydrogen) atoms. The molecule has 1 fully saturated rings. The van der Waals surface area contributed by atoms with Gasteiger partial charge in [-0.05, 0) is 25.0 Å². The molecule has 1 aromatic rings. The molecule has 0 spiro atoms. The van der Waals surface area contributed by atoms with Gasteiger partial charge in [-0.25, -0.2) is 0 Å². The molecule has 0 aliphatic carbocycles. The number of hydrogen-bond donors (Lipinski definition) is 0. The lowest BCUT2D eigenvalue weighted by Gasteiger charge is -2.22. The molecule has 116 valence electrons. The largest absolute Gasteiger partial charge is 0.341 e. The van der Waals surface area contributed by atoms with Gasteiger partial charge in [-0.1, -0.05) is 18.5 Å². The molecule has 1 aliphatic rings. The number of halogens is 1. The van der Waals surface area contributed by atoms with Gasteiger partial charge in [-0.15, -0.1) is 11.3 Å². The van der Waals surface area contributed by atoms with Crippen molar-refractivity contribution in [3.05, 3.63) is 21.3 Å². The predicted octanol–water partition coefficient (Wildman–Crippen LogP) is 2.81. The summed E-state index contributed by atoms with van der Waals surface area (Å²) in [5.41, 5.74) is 0. The lowest BCUT2D eigenvalue weighted by atomic mass is 10.3. The van der Waals surface area contributed by atoms with Gasteiger partial charge >= 0.3 is 0 Å². The van der Waals surface area contributed by atoms with Crippen LogP contribution >= 0.6 is 22.9 Å². The molecule has 0 atom stereocenters. The summed E-state index contributed by atoms with van der Waals surface area (Å²) in [6, 6.07) is 3.72. The molecular weight excluding hydrogens is 308 g/mol. The van der Waals surface area contributed by atoms with Crippen LogP contribution in [0.25, 0.3) is 0 Å². The predicted molar refractivity (Wildman–Crippen MR) is 85.7 cm³/mol. The Morgan fingerprint density at radius 1 is 1.14 bits per heavy atom. The third-order valence-electron chi connectivity index (χ3n) is 3.62. The quantitative estimate of drug-likeness (QED) is 0.852. The Bertz CT molecular complexity index is 504. The summed E-state index contributed by atoms with van der Waals surface area (Å²) >= 11 is 7.34. The minimum atomic E-state index is 0.123. The molecule has 1 aliphatic heterocycles. The summed E-state index contributed by atoms with van der Waals surface area (Å²) in [6.07, 6.45) is 2.73. The summed E-state index contributed by atoms with van der Waals surface area (Å²) in [6.45, 7) is 4.78. The molecule has 0 saturated carbocycles. The zero-order valence-corrected chi connectivity index (χ0v) is 13.9. The van der Waals surface area contributed by atoms with E-state index in [9.17, 15) is 9.59 Å². The highest BCUT2D eigenvalue weighted by atomic mass is 35.5. The van der Waals surface area contributed by atoms with E-state index in [-0.39, 0.29) is 11.8 Å². The highest BCUT2D eigenvalue weighted by Gasteiger charge is 2.21. The Labute approximate surface area is 134 Å². The SMILES string of the molecule is CCCC(=O)N1CCCN(C(=O)Cc2ccc(Cl)s2)CC1. The van der Waals surface area contributed by atoms with E-state index in [2.05, 4.69) is 0 Å². The van der Waals surface area contributed by atoms with Crippen molar-refractivity contribution < 1.29 is 9.59 Å². The summed E-state index contributed by atoms with van der Waals surface area (Å²) in [7, 11) is 0. The zero-order valence-electron chi connectivity index (χ0n) is 12.3. The van der Waals surface area contributed by atoms with Crippen LogP contribution in [-0.2, 0) is 16.0 Å². The second-order valence-corrected chi connectivity index (χ2v) is 7.05. The number of carbonyl (C=O) groups excluding carboxylic acids is 2. The van der Waals surface area contributed by atoms with Crippen LogP contribution < -0.4 is 0 Å². The fraction of sp³-hybridized carbons (Fsp3) is 0.600. The Morgan fingerprint density at radius 3 is 2.38 bits per heavy atom. The van der Waals surface area contributed by atoms with Crippen molar-refractivity contribution in [3.63, 3.8) is 0 Å². The second kappa shape index (κ2) is 7.80. The average Bonchev–Trinajstić information content (AvgIpc) is 2.73. The van der Waals surface area contributed by atoms with Crippen LogP contribution in [0.2, 0.25) is 4.34 Å².